The van der Waals surface area contributed by atoms with Crippen molar-refractivity contribution in [3.8, 4) is 0 Å². The number of piperidine rings is 1. The molecule has 0 atom stereocenters. The number of aryl methyl sites for hydroxylation is 1. The van der Waals surface area contributed by atoms with Gasteiger partial charge in [0.25, 0.3) is 5.91 Å². The zero-order valence-electron chi connectivity index (χ0n) is 17.6. The van der Waals surface area contributed by atoms with Gasteiger partial charge in [0.15, 0.2) is 0 Å². The number of likely N-dealkylation sites (tertiary alicyclic amines) is 1. The van der Waals surface area contributed by atoms with Gasteiger partial charge in [-0.15, -0.1) is 0 Å². The second kappa shape index (κ2) is 10.1. The molecule has 1 N–H and O–H groups in total. The Morgan fingerprint density at radius 2 is 1.71 bits per heavy atom. The minimum atomic E-state index is 0.00766. The van der Waals surface area contributed by atoms with Crippen molar-refractivity contribution in [2.45, 2.75) is 77.7 Å². The zero-order chi connectivity index (χ0) is 19.9. The standard InChI is InChI=1S/C24H36N2O2/c1-3-4-8-19-10-12-20(13-11-19)24(28)26-16-14-21(15-17-26)25-23(27)22-9-6-5-7-18(22)2/h5-7,9,19-21H,3-4,8,10-17H2,1-2H3,(H,25,27). The number of nitrogens with one attached hydrogen (secondary N) is 1. The fraction of sp³-hybridized carbons (Fsp3) is 0.667. The lowest BCUT2D eigenvalue weighted by Gasteiger charge is -2.36. The number of carbonyl (C=O) groups excluding carboxylic acids is 2. The van der Waals surface area contributed by atoms with Crippen LogP contribution in [-0.4, -0.2) is 35.8 Å². The van der Waals surface area contributed by atoms with Crippen LogP contribution in [0.3, 0.4) is 0 Å². The average molecular weight is 385 g/mol. The highest BCUT2D eigenvalue weighted by atomic mass is 16.2. The Labute approximate surface area is 170 Å². The van der Waals surface area contributed by atoms with E-state index in [0.717, 1.165) is 55.8 Å². The largest absolute Gasteiger partial charge is 0.349 e. The quantitative estimate of drug-likeness (QED) is 0.772. The first kappa shape index (κ1) is 20.9. The van der Waals surface area contributed by atoms with Crippen LogP contribution in [0, 0.1) is 18.8 Å². The predicted octanol–water partition coefficient (Wildman–Crippen LogP) is 4.71. The molecule has 3 rings (SSSR count). The molecule has 154 valence electrons. The molecule has 1 aromatic carbocycles. The van der Waals surface area contributed by atoms with Crippen LogP contribution < -0.4 is 5.32 Å². The zero-order valence-corrected chi connectivity index (χ0v) is 17.6. The highest BCUT2D eigenvalue weighted by molar-refractivity contribution is 5.95. The summed E-state index contributed by atoms with van der Waals surface area (Å²) in [5, 5.41) is 3.16. The highest BCUT2D eigenvalue weighted by Gasteiger charge is 2.31. The number of hydrogen-bond donors (Lipinski definition) is 1. The molecule has 0 bridgehead atoms. The lowest BCUT2D eigenvalue weighted by atomic mass is 9.79. The van der Waals surface area contributed by atoms with Crippen molar-refractivity contribution in [1.29, 1.82) is 0 Å². The molecule has 0 radical (unpaired) electrons. The summed E-state index contributed by atoms with van der Waals surface area (Å²) in [7, 11) is 0. The van der Waals surface area contributed by atoms with E-state index in [0.29, 0.717) is 5.91 Å². The van der Waals surface area contributed by atoms with Gasteiger partial charge in [-0.05, 0) is 63.0 Å². The van der Waals surface area contributed by atoms with Gasteiger partial charge in [-0.1, -0.05) is 44.4 Å². The van der Waals surface area contributed by atoms with Crippen molar-refractivity contribution < 1.29 is 9.59 Å². The predicted molar refractivity (Wildman–Crippen MR) is 113 cm³/mol. The first-order valence-corrected chi connectivity index (χ1v) is 11.2. The SMILES string of the molecule is CCCCC1CCC(C(=O)N2CCC(NC(=O)c3ccccc3C)CC2)CC1. The number of unbranched alkanes of at least 4 members (excludes halogenated alkanes) is 1. The molecule has 0 unspecified atom stereocenters. The van der Waals surface area contributed by atoms with Crippen LogP contribution in [0.25, 0.3) is 0 Å². The minimum Gasteiger partial charge on any atom is -0.349 e. The molecule has 1 saturated carbocycles. The van der Waals surface area contributed by atoms with Crippen LogP contribution in [0.5, 0.6) is 0 Å². The second-order valence-corrected chi connectivity index (χ2v) is 8.75. The maximum atomic E-state index is 12.9. The van der Waals surface area contributed by atoms with Gasteiger partial charge in [0, 0.05) is 30.6 Å². The molecule has 1 aliphatic carbocycles. The highest BCUT2D eigenvalue weighted by Crippen LogP contribution is 2.33. The molecule has 2 amide bonds. The van der Waals surface area contributed by atoms with Gasteiger partial charge in [0.05, 0.1) is 0 Å². The summed E-state index contributed by atoms with van der Waals surface area (Å²) in [5.74, 6) is 1.44. The molecule has 2 fully saturated rings. The number of amides is 2. The molecule has 1 aromatic rings. The van der Waals surface area contributed by atoms with Gasteiger partial charge in [-0.2, -0.15) is 0 Å². The van der Waals surface area contributed by atoms with Gasteiger partial charge in [-0.3, -0.25) is 9.59 Å². The van der Waals surface area contributed by atoms with E-state index in [-0.39, 0.29) is 17.9 Å². The number of rotatable bonds is 6. The van der Waals surface area contributed by atoms with Crippen molar-refractivity contribution in [3.63, 3.8) is 0 Å². The Kier molecular flexibility index (Phi) is 7.52. The van der Waals surface area contributed by atoms with Crippen molar-refractivity contribution in [2.24, 2.45) is 11.8 Å². The van der Waals surface area contributed by atoms with E-state index in [4.69, 9.17) is 0 Å². The minimum absolute atomic E-state index is 0.00766. The summed E-state index contributed by atoms with van der Waals surface area (Å²) in [6, 6.07) is 7.86. The maximum absolute atomic E-state index is 12.9. The Morgan fingerprint density at radius 3 is 2.36 bits per heavy atom. The third kappa shape index (κ3) is 5.36. The van der Waals surface area contributed by atoms with Crippen LogP contribution in [0.4, 0.5) is 0 Å². The Bertz CT molecular complexity index is 656. The van der Waals surface area contributed by atoms with Crippen LogP contribution in [0.1, 0.15) is 80.6 Å². The summed E-state index contributed by atoms with van der Waals surface area (Å²) in [5.41, 5.74) is 1.75. The lowest BCUT2D eigenvalue weighted by Crippen LogP contribution is -2.48. The van der Waals surface area contributed by atoms with E-state index in [9.17, 15) is 9.59 Å². The molecular weight excluding hydrogens is 348 g/mol. The topological polar surface area (TPSA) is 49.4 Å². The summed E-state index contributed by atoms with van der Waals surface area (Å²) < 4.78 is 0. The maximum Gasteiger partial charge on any atom is 0.251 e. The fourth-order valence-electron chi connectivity index (χ4n) is 4.78. The van der Waals surface area contributed by atoms with E-state index in [2.05, 4.69) is 12.2 Å². The van der Waals surface area contributed by atoms with E-state index in [1.807, 2.05) is 36.1 Å². The molecule has 0 spiro atoms. The summed E-state index contributed by atoms with van der Waals surface area (Å²) >= 11 is 0. The van der Waals surface area contributed by atoms with Gasteiger partial charge < -0.3 is 10.2 Å². The van der Waals surface area contributed by atoms with Crippen LogP contribution >= 0.6 is 0 Å². The first-order valence-electron chi connectivity index (χ1n) is 11.2. The molecule has 4 nitrogen and oxygen atoms in total. The van der Waals surface area contributed by atoms with Crippen molar-refractivity contribution in [3.05, 3.63) is 35.4 Å². The normalized spacial score (nSPS) is 23.4. The fourth-order valence-corrected chi connectivity index (χ4v) is 4.78. The summed E-state index contributed by atoms with van der Waals surface area (Å²) in [6.45, 7) is 5.76. The lowest BCUT2D eigenvalue weighted by molar-refractivity contribution is -0.138. The smallest absolute Gasteiger partial charge is 0.251 e. The summed E-state index contributed by atoms with van der Waals surface area (Å²) in [6.07, 6.45) is 10.2. The first-order chi connectivity index (χ1) is 13.6. The number of benzene rings is 1. The molecule has 1 heterocycles. The van der Waals surface area contributed by atoms with Crippen LogP contribution in [0.2, 0.25) is 0 Å². The monoisotopic (exact) mass is 384 g/mol. The molecule has 1 saturated heterocycles. The van der Waals surface area contributed by atoms with Gasteiger partial charge in [-0.25, -0.2) is 0 Å². The van der Waals surface area contributed by atoms with E-state index < -0.39 is 0 Å². The number of hydrogen-bond acceptors (Lipinski definition) is 2. The molecule has 0 aromatic heterocycles. The third-order valence-electron chi connectivity index (χ3n) is 6.69. The van der Waals surface area contributed by atoms with Crippen molar-refractivity contribution in [2.75, 3.05) is 13.1 Å². The molecule has 1 aliphatic heterocycles. The van der Waals surface area contributed by atoms with Gasteiger partial charge in [0.2, 0.25) is 5.91 Å². The Morgan fingerprint density at radius 1 is 1.04 bits per heavy atom. The van der Waals surface area contributed by atoms with Crippen LogP contribution in [-0.2, 0) is 4.79 Å². The van der Waals surface area contributed by atoms with Crippen molar-refractivity contribution in [1.82, 2.24) is 10.2 Å². The Balaban J connectivity index is 1.42. The molecule has 28 heavy (non-hydrogen) atoms. The average Bonchev–Trinajstić information content (AvgIpc) is 2.73. The van der Waals surface area contributed by atoms with Gasteiger partial charge in [0.1, 0.15) is 0 Å². The van der Waals surface area contributed by atoms with Gasteiger partial charge >= 0.3 is 0 Å². The van der Waals surface area contributed by atoms with Crippen molar-refractivity contribution >= 4 is 11.8 Å². The van der Waals surface area contributed by atoms with E-state index in [1.165, 1.54) is 32.1 Å². The van der Waals surface area contributed by atoms with E-state index in [1.54, 1.807) is 0 Å². The third-order valence-corrected chi connectivity index (χ3v) is 6.69. The van der Waals surface area contributed by atoms with Crippen LogP contribution in [0.15, 0.2) is 24.3 Å². The molecule has 4 heteroatoms. The Hall–Kier alpha value is -1.84. The number of carbonyl (C=O) groups is 2. The molecule has 2 aliphatic rings. The number of nitrogens with zero attached hydrogens (tertiary/aromatic N) is 1. The summed E-state index contributed by atoms with van der Waals surface area (Å²) in [4.78, 5) is 27.5. The molecular formula is C24H36N2O2. The second-order valence-electron chi connectivity index (χ2n) is 8.75. The van der Waals surface area contributed by atoms with E-state index >= 15 is 0 Å².